The minimum absolute atomic E-state index is 0.167. The molecule has 4 nitrogen and oxygen atoms in total. The molecule has 25 heavy (non-hydrogen) atoms. The standard InChI is InChI=1S/C21H27NO3/c1-15(16-7-5-4-6-8-16)21-18-14-20(25-3)19(24-2)13-17(18)9-10-22(21)11-12-23/h4-8,13-15,21,23H,9-12H2,1-3H3. The summed E-state index contributed by atoms with van der Waals surface area (Å²) in [6.07, 6.45) is 0.952. The zero-order chi connectivity index (χ0) is 17.8. The van der Waals surface area contributed by atoms with Gasteiger partial charge in [0, 0.05) is 25.0 Å². The molecule has 0 fully saturated rings. The van der Waals surface area contributed by atoms with Crippen LogP contribution in [0.3, 0.4) is 0 Å². The molecule has 134 valence electrons. The van der Waals surface area contributed by atoms with Crippen molar-refractivity contribution in [3.63, 3.8) is 0 Å². The summed E-state index contributed by atoms with van der Waals surface area (Å²) in [5.41, 5.74) is 3.88. The van der Waals surface area contributed by atoms with Crippen molar-refractivity contribution < 1.29 is 14.6 Å². The van der Waals surface area contributed by atoms with Crippen molar-refractivity contribution in [2.45, 2.75) is 25.3 Å². The van der Waals surface area contributed by atoms with E-state index in [9.17, 15) is 5.11 Å². The lowest BCUT2D eigenvalue weighted by molar-refractivity contribution is 0.127. The van der Waals surface area contributed by atoms with Crippen molar-refractivity contribution in [2.24, 2.45) is 0 Å². The van der Waals surface area contributed by atoms with Crippen LogP contribution in [0.2, 0.25) is 0 Å². The molecule has 1 heterocycles. The summed E-state index contributed by atoms with van der Waals surface area (Å²) >= 11 is 0. The molecule has 1 aliphatic heterocycles. The Morgan fingerprint density at radius 1 is 1.12 bits per heavy atom. The lowest BCUT2D eigenvalue weighted by Crippen LogP contribution is -2.39. The average Bonchev–Trinajstić information content (AvgIpc) is 2.67. The first kappa shape index (κ1) is 17.8. The number of methoxy groups -OCH3 is 2. The van der Waals surface area contributed by atoms with Gasteiger partial charge in [0.05, 0.1) is 20.8 Å². The molecule has 4 heteroatoms. The number of nitrogens with zero attached hydrogens (tertiary/aromatic N) is 1. The third-order valence-corrected chi connectivity index (χ3v) is 5.21. The molecule has 1 N–H and O–H groups in total. The van der Waals surface area contributed by atoms with Gasteiger partial charge in [0.1, 0.15) is 0 Å². The second-order valence-corrected chi connectivity index (χ2v) is 6.56. The van der Waals surface area contributed by atoms with Crippen molar-refractivity contribution in [1.82, 2.24) is 4.90 Å². The van der Waals surface area contributed by atoms with Crippen molar-refractivity contribution in [3.8, 4) is 11.5 Å². The topological polar surface area (TPSA) is 41.9 Å². The quantitative estimate of drug-likeness (QED) is 0.874. The van der Waals surface area contributed by atoms with Gasteiger partial charge in [0.25, 0.3) is 0 Å². The lowest BCUT2D eigenvalue weighted by Gasteiger charge is -2.41. The number of β-amino-alcohol motifs (C(OH)–C–C–N with tert-alkyl or cyclic N) is 1. The molecule has 2 atom stereocenters. The first-order valence-electron chi connectivity index (χ1n) is 8.84. The van der Waals surface area contributed by atoms with Gasteiger partial charge in [0.2, 0.25) is 0 Å². The Morgan fingerprint density at radius 3 is 2.44 bits per heavy atom. The molecule has 0 amide bonds. The number of rotatable bonds is 6. The summed E-state index contributed by atoms with van der Waals surface area (Å²) in [6, 6.07) is 15.0. The molecule has 0 bridgehead atoms. The SMILES string of the molecule is COc1cc2c(cc1OC)C(C(C)c1ccccc1)N(CCO)CC2. The van der Waals surface area contributed by atoms with Crippen molar-refractivity contribution in [2.75, 3.05) is 33.9 Å². The summed E-state index contributed by atoms with van der Waals surface area (Å²) in [6.45, 7) is 4.04. The highest BCUT2D eigenvalue weighted by Gasteiger charge is 2.33. The van der Waals surface area contributed by atoms with E-state index >= 15 is 0 Å². The molecule has 2 unspecified atom stereocenters. The minimum Gasteiger partial charge on any atom is -0.493 e. The van der Waals surface area contributed by atoms with Crippen LogP contribution in [0.4, 0.5) is 0 Å². The smallest absolute Gasteiger partial charge is 0.161 e. The molecule has 0 saturated carbocycles. The van der Waals surface area contributed by atoms with Gasteiger partial charge in [-0.25, -0.2) is 0 Å². The Morgan fingerprint density at radius 2 is 1.80 bits per heavy atom. The number of ether oxygens (including phenoxy) is 2. The normalized spacial score (nSPS) is 18.5. The molecule has 0 radical (unpaired) electrons. The van der Waals surface area contributed by atoms with Crippen LogP contribution in [0, 0.1) is 0 Å². The minimum atomic E-state index is 0.167. The maximum atomic E-state index is 9.53. The van der Waals surface area contributed by atoms with E-state index < -0.39 is 0 Å². The zero-order valence-electron chi connectivity index (χ0n) is 15.2. The van der Waals surface area contributed by atoms with Crippen LogP contribution in [0.5, 0.6) is 11.5 Å². The van der Waals surface area contributed by atoms with Crippen molar-refractivity contribution in [3.05, 3.63) is 59.2 Å². The Bertz CT molecular complexity index is 702. The number of benzene rings is 2. The number of aliphatic hydroxyl groups excluding tert-OH is 1. The molecular formula is C21H27NO3. The monoisotopic (exact) mass is 341 g/mol. The van der Waals surface area contributed by atoms with Gasteiger partial charge in [-0.15, -0.1) is 0 Å². The first-order chi connectivity index (χ1) is 12.2. The summed E-state index contributed by atoms with van der Waals surface area (Å²) < 4.78 is 11.0. The maximum absolute atomic E-state index is 9.53. The van der Waals surface area contributed by atoms with E-state index in [0.29, 0.717) is 12.5 Å². The Balaban J connectivity index is 2.07. The van der Waals surface area contributed by atoms with E-state index in [4.69, 9.17) is 9.47 Å². The van der Waals surface area contributed by atoms with E-state index in [0.717, 1.165) is 24.5 Å². The van der Waals surface area contributed by atoms with Gasteiger partial charge >= 0.3 is 0 Å². The van der Waals surface area contributed by atoms with E-state index in [2.05, 4.69) is 48.2 Å². The second kappa shape index (κ2) is 7.89. The molecule has 0 saturated heterocycles. The molecular weight excluding hydrogens is 314 g/mol. The van der Waals surface area contributed by atoms with Gasteiger partial charge in [-0.3, -0.25) is 4.90 Å². The molecule has 0 spiro atoms. The third-order valence-electron chi connectivity index (χ3n) is 5.21. The van der Waals surface area contributed by atoms with Crippen LogP contribution in [-0.4, -0.2) is 43.9 Å². The number of aliphatic hydroxyl groups is 1. The summed E-state index contributed by atoms with van der Waals surface area (Å²) in [5.74, 6) is 1.85. The number of hydrogen-bond donors (Lipinski definition) is 1. The fourth-order valence-electron chi connectivity index (χ4n) is 3.93. The predicted molar refractivity (Wildman–Crippen MR) is 99.5 cm³/mol. The van der Waals surface area contributed by atoms with E-state index in [1.54, 1.807) is 14.2 Å². The van der Waals surface area contributed by atoms with E-state index in [1.165, 1.54) is 16.7 Å². The molecule has 2 aromatic rings. The Labute approximate surface area is 150 Å². The van der Waals surface area contributed by atoms with Crippen LogP contribution in [0.15, 0.2) is 42.5 Å². The fraction of sp³-hybridized carbons (Fsp3) is 0.429. The second-order valence-electron chi connectivity index (χ2n) is 6.56. The highest BCUT2D eigenvalue weighted by molar-refractivity contribution is 5.50. The summed E-state index contributed by atoms with van der Waals surface area (Å²) in [5, 5.41) is 9.53. The highest BCUT2D eigenvalue weighted by atomic mass is 16.5. The maximum Gasteiger partial charge on any atom is 0.161 e. The van der Waals surface area contributed by atoms with E-state index in [1.807, 2.05) is 6.07 Å². The van der Waals surface area contributed by atoms with Gasteiger partial charge in [-0.05, 0) is 35.2 Å². The largest absolute Gasteiger partial charge is 0.493 e. The van der Waals surface area contributed by atoms with Crippen LogP contribution in [-0.2, 0) is 6.42 Å². The van der Waals surface area contributed by atoms with E-state index in [-0.39, 0.29) is 12.6 Å². The van der Waals surface area contributed by atoms with Gasteiger partial charge in [-0.1, -0.05) is 37.3 Å². The van der Waals surface area contributed by atoms with Gasteiger partial charge in [0.15, 0.2) is 11.5 Å². The molecule has 0 aliphatic carbocycles. The third kappa shape index (κ3) is 3.51. The van der Waals surface area contributed by atoms with Gasteiger partial charge in [-0.2, -0.15) is 0 Å². The Hall–Kier alpha value is -2.04. The highest BCUT2D eigenvalue weighted by Crippen LogP contribution is 2.43. The average molecular weight is 341 g/mol. The summed E-state index contributed by atoms with van der Waals surface area (Å²) in [4.78, 5) is 2.38. The van der Waals surface area contributed by atoms with Gasteiger partial charge < -0.3 is 14.6 Å². The first-order valence-corrected chi connectivity index (χ1v) is 8.84. The van der Waals surface area contributed by atoms with Crippen LogP contribution in [0.25, 0.3) is 0 Å². The fourth-order valence-corrected chi connectivity index (χ4v) is 3.93. The number of hydrogen-bond acceptors (Lipinski definition) is 4. The van der Waals surface area contributed by atoms with Crippen LogP contribution >= 0.6 is 0 Å². The molecule has 0 aromatic heterocycles. The van der Waals surface area contributed by atoms with Crippen LogP contribution in [0.1, 0.15) is 35.6 Å². The Kier molecular flexibility index (Phi) is 5.61. The number of fused-ring (bicyclic) bond motifs is 1. The molecule has 2 aromatic carbocycles. The van der Waals surface area contributed by atoms with Crippen molar-refractivity contribution >= 4 is 0 Å². The molecule has 1 aliphatic rings. The molecule has 3 rings (SSSR count). The van der Waals surface area contributed by atoms with Crippen LogP contribution < -0.4 is 9.47 Å². The predicted octanol–water partition coefficient (Wildman–Crippen LogP) is 3.40. The lowest BCUT2D eigenvalue weighted by atomic mass is 9.82. The zero-order valence-corrected chi connectivity index (χ0v) is 15.2. The van der Waals surface area contributed by atoms with Crippen molar-refractivity contribution in [1.29, 1.82) is 0 Å². The summed E-state index contributed by atoms with van der Waals surface area (Å²) in [7, 11) is 3.35.